The second kappa shape index (κ2) is 6.69. The zero-order valence-electron chi connectivity index (χ0n) is 16.2. The lowest BCUT2D eigenvalue weighted by Gasteiger charge is -2.26. The minimum atomic E-state index is -0.723. The molecule has 0 saturated heterocycles. The van der Waals surface area contributed by atoms with Crippen LogP contribution in [0.2, 0.25) is 0 Å². The number of benzene rings is 2. The summed E-state index contributed by atoms with van der Waals surface area (Å²) in [7, 11) is 0. The number of halogens is 1. The molecule has 4 aromatic rings. The molecule has 1 aliphatic rings. The molecule has 0 saturated carbocycles. The molecule has 5 rings (SSSR count). The lowest BCUT2D eigenvalue weighted by Crippen LogP contribution is -2.36. The summed E-state index contributed by atoms with van der Waals surface area (Å²) in [6.45, 7) is 1.95. The summed E-state index contributed by atoms with van der Waals surface area (Å²) >= 11 is 0. The van der Waals surface area contributed by atoms with Crippen LogP contribution in [-0.2, 0) is 13.0 Å². The molecule has 0 radical (unpaired) electrons. The fourth-order valence-electron chi connectivity index (χ4n) is 4.30. The molecule has 0 fully saturated rings. The van der Waals surface area contributed by atoms with Gasteiger partial charge in [-0.15, -0.1) is 0 Å². The maximum absolute atomic E-state index is 14.1. The first-order valence-electron chi connectivity index (χ1n) is 9.75. The Kier molecular flexibility index (Phi) is 4.09. The number of fused-ring (bicyclic) bond motifs is 1. The number of carbonyl (C=O) groups is 1. The van der Waals surface area contributed by atoms with Crippen LogP contribution in [0.4, 0.5) is 4.39 Å². The molecule has 2 aromatic carbocycles. The third-order valence-corrected chi connectivity index (χ3v) is 5.78. The van der Waals surface area contributed by atoms with Crippen LogP contribution in [0.3, 0.4) is 0 Å². The smallest absolute Gasteiger partial charge is 0.267 e. The summed E-state index contributed by atoms with van der Waals surface area (Å²) in [6, 6.07) is 9.86. The second-order valence-electron chi connectivity index (χ2n) is 7.65. The number of rotatable bonds is 3. The maximum Gasteiger partial charge on any atom is 0.267 e. The predicted octanol–water partition coefficient (Wildman–Crippen LogP) is 3.16. The first kappa shape index (κ1) is 18.4. The Balaban J connectivity index is 1.59. The quantitative estimate of drug-likeness (QED) is 0.487. The van der Waals surface area contributed by atoms with Crippen molar-refractivity contribution in [3.8, 4) is 5.75 Å². The molecule has 3 heterocycles. The third kappa shape index (κ3) is 2.67. The first-order chi connectivity index (χ1) is 14.5. The highest BCUT2D eigenvalue weighted by Crippen LogP contribution is 2.35. The molecule has 2 aromatic heterocycles. The summed E-state index contributed by atoms with van der Waals surface area (Å²) in [6.07, 6.45) is 1.25. The van der Waals surface area contributed by atoms with Gasteiger partial charge in [-0.3, -0.25) is 14.7 Å². The van der Waals surface area contributed by atoms with Gasteiger partial charge >= 0.3 is 0 Å². The minimum absolute atomic E-state index is 0.0731. The van der Waals surface area contributed by atoms with Crippen molar-refractivity contribution in [3.05, 3.63) is 69.4 Å². The average molecular weight is 406 g/mol. The summed E-state index contributed by atoms with van der Waals surface area (Å²) in [5, 5.41) is 21.5. The molecular formula is C22H19FN4O3. The maximum atomic E-state index is 14.1. The van der Waals surface area contributed by atoms with Crippen LogP contribution in [0.25, 0.3) is 21.8 Å². The molecule has 1 atom stereocenters. The number of hydrogen-bond acceptors (Lipinski definition) is 4. The van der Waals surface area contributed by atoms with Crippen LogP contribution in [0, 0.1) is 5.82 Å². The first-order valence-corrected chi connectivity index (χ1v) is 9.75. The molecule has 3 N–H and O–H groups in total. The number of hydrogen-bond donors (Lipinski definition) is 3. The lowest BCUT2D eigenvalue weighted by molar-refractivity contribution is 0.0945. The zero-order valence-corrected chi connectivity index (χ0v) is 16.2. The van der Waals surface area contributed by atoms with Crippen LogP contribution in [0.5, 0.6) is 5.75 Å². The Morgan fingerprint density at radius 3 is 2.97 bits per heavy atom. The Hall–Kier alpha value is -3.68. The molecule has 1 aliphatic heterocycles. The monoisotopic (exact) mass is 406 g/mol. The molecule has 152 valence electrons. The summed E-state index contributed by atoms with van der Waals surface area (Å²) in [5.74, 6) is -1.73. The molecule has 8 heteroatoms. The lowest BCUT2D eigenvalue weighted by atomic mass is 9.95. The second-order valence-corrected chi connectivity index (χ2v) is 7.65. The van der Waals surface area contributed by atoms with Gasteiger partial charge in [0.25, 0.3) is 11.5 Å². The van der Waals surface area contributed by atoms with E-state index in [1.807, 2.05) is 31.2 Å². The number of nitrogens with zero attached hydrogens (tertiary/aromatic N) is 2. The van der Waals surface area contributed by atoms with E-state index in [9.17, 15) is 19.1 Å². The SMILES string of the molecule is CC1CCc2cc(F)cc3c(O)c(C(=O)NCc4n[nH]c5ccccc45)c(=O)n1c23. The van der Waals surface area contributed by atoms with E-state index >= 15 is 0 Å². The molecule has 0 bridgehead atoms. The van der Waals surface area contributed by atoms with Crippen molar-refractivity contribution in [2.45, 2.75) is 32.4 Å². The Labute approximate surface area is 170 Å². The Bertz CT molecular complexity index is 1390. The number of carbonyl (C=O) groups excluding carboxylic acids is 1. The summed E-state index contributed by atoms with van der Waals surface area (Å²) in [5.41, 5.74) is 1.63. The highest BCUT2D eigenvalue weighted by atomic mass is 19.1. The number of aromatic hydroxyl groups is 1. The summed E-state index contributed by atoms with van der Waals surface area (Å²) in [4.78, 5) is 26.1. The average Bonchev–Trinajstić information content (AvgIpc) is 3.14. The number of pyridine rings is 1. The van der Waals surface area contributed by atoms with Gasteiger partial charge in [-0.1, -0.05) is 18.2 Å². The van der Waals surface area contributed by atoms with Crippen LogP contribution >= 0.6 is 0 Å². The Morgan fingerprint density at radius 2 is 2.13 bits per heavy atom. The molecule has 1 amide bonds. The van der Waals surface area contributed by atoms with Gasteiger partial charge in [-0.05, 0) is 43.5 Å². The number of aryl methyl sites for hydroxylation is 1. The van der Waals surface area contributed by atoms with E-state index in [2.05, 4.69) is 15.5 Å². The highest BCUT2D eigenvalue weighted by Gasteiger charge is 2.28. The van der Waals surface area contributed by atoms with Gasteiger partial charge in [-0.25, -0.2) is 4.39 Å². The van der Waals surface area contributed by atoms with E-state index in [1.54, 1.807) is 0 Å². The number of aromatic nitrogens is 3. The topological polar surface area (TPSA) is 100 Å². The van der Waals surface area contributed by atoms with E-state index < -0.39 is 23.0 Å². The van der Waals surface area contributed by atoms with Gasteiger partial charge in [0.05, 0.1) is 23.3 Å². The van der Waals surface area contributed by atoms with Crippen molar-refractivity contribution in [1.29, 1.82) is 0 Å². The molecular weight excluding hydrogens is 387 g/mol. The minimum Gasteiger partial charge on any atom is -0.506 e. The number of amides is 1. The van der Waals surface area contributed by atoms with E-state index in [4.69, 9.17) is 0 Å². The van der Waals surface area contributed by atoms with Gasteiger partial charge in [0.1, 0.15) is 17.1 Å². The van der Waals surface area contributed by atoms with Crippen LogP contribution in [0.15, 0.2) is 41.2 Å². The molecule has 7 nitrogen and oxygen atoms in total. The van der Waals surface area contributed by atoms with E-state index in [0.717, 1.165) is 10.9 Å². The zero-order chi connectivity index (χ0) is 21.0. The van der Waals surface area contributed by atoms with Crippen molar-refractivity contribution >= 4 is 27.7 Å². The van der Waals surface area contributed by atoms with Gasteiger partial charge in [-0.2, -0.15) is 5.10 Å². The van der Waals surface area contributed by atoms with Gasteiger partial charge < -0.3 is 15.0 Å². The fourth-order valence-corrected chi connectivity index (χ4v) is 4.30. The van der Waals surface area contributed by atoms with Crippen molar-refractivity contribution < 1.29 is 14.3 Å². The van der Waals surface area contributed by atoms with Crippen LogP contribution in [0.1, 0.15) is 41.0 Å². The number of para-hydroxylation sites is 1. The van der Waals surface area contributed by atoms with Crippen LogP contribution in [-0.4, -0.2) is 25.8 Å². The van der Waals surface area contributed by atoms with Crippen LogP contribution < -0.4 is 10.9 Å². The Morgan fingerprint density at radius 1 is 1.33 bits per heavy atom. The third-order valence-electron chi connectivity index (χ3n) is 5.78. The number of aromatic amines is 1. The summed E-state index contributed by atoms with van der Waals surface area (Å²) < 4.78 is 15.6. The molecule has 1 unspecified atom stereocenters. The number of H-pyrrole nitrogens is 1. The van der Waals surface area contributed by atoms with Gasteiger partial charge in [0.2, 0.25) is 0 Å². The molecule has 0 spiro atoms. The highest BCUT2D eigenvalue weighted by molar-refractivity contribution is 6.03. The number of nitrogens with one attached hydrogen (secondary N) is 2. The fraction of sp³-hybridized carbons (Fsp3) is 0.227. The predicted molar refractivity (Wildman–Crippen MR) is 110 cm³/mol. The van der Waals surface area contributed by atoms with Crippen molar-refractivity contribution in [3.63, 3.8) is 0 Å². The van der Waals surface area contributed by atoms with Crippen molar-refractivity contribution in [1.82, 2.24) is 20.1 Å². The molecule has 0 aliphatic carbocycles. The largest absolute Gasteiger partial charge is 0.506 e. The normalized spacial score (nSPS) is 15.6. The van der Waals surface area contributed by atoms with E-state index in [0.29, 0.717) is 29.6 Å². The van der Waals surface area contributed by atoms with Crippen molar-refractivity contribution in [2.24, 2.45) is 0 Å². The van der Waals surface area contributed by atoms with Crippen molar-refractivity contribution in [2.75, 3.05) is 0 Å². The standard InChI is InChI=1S/C22H19FN4O3/c1-11-6-7-12-8-13(23)9-15-19(12)27(11)22(30)18(20(15)28)21(29)24-10-17-14-4-2-3-5-16(14)25-26-17/h2-5,8-9,11,28H,6-7,10H2,1H3,(H,24,29)(H,25,26). The van der Waals surface area contributed by atoms with E-state index in [1.165, 1.54) is 16.7 Å². The molecule has 30 heavy (non-hydrogen) atoms. The van der Waals surface area contributed by atoms with Gasteiger partial charge in [0.15, 0.2) is 0 Å². The van der Waals surface area contributed by atoms with Gasteiger partial charge in [0, 0.05) is 16.8 Å². The van der Waals surface area contributed by atoms with E-state index in [-0.39, 0.29) is 23.5 Å².